The highest BCUT2D eigenvalue weighted by molar-refractivity contribution is 7.09. The van der Waals surface area contributed by atoms with Crippen molar-refractivity contribution in [1.82, 2.24) is 9.97 Å². The van der Waals surface area contributed by atoms with Crippen LogP contribution in [-0.2, 0) is 6.42 Å². The summed E-state index contributed by atoms with van der Waals surface area (Å²) in [4.78, 5) is 9.77. The first-order chi connectivity index (χ1) is 8.29. The summed E-state index contributed by atoms with van der Waals surface area (Å²) in [5.74, 6) is 1.47. The first kappa shape index (κ1) is 11.9. The topological polar surface area (TPSA) is 47.0 Å². The quantitative estimate of drug-likeness (QED) is 0.884. The molecule has 2 rings (SSSR count). The molecule has 17 heavy (non-hydrogen) atoms. The van der Waals surface area contributed by atoms with Crippen LogP contribution in [0.15, 0.2) is 23.7 Å². The van der Waals surface area contributed by atoms with Crippen LogP contribution in [0.3, 0.4) is 0 Å². The Morgan fingerprint density at radius 3 is 3.00 bits per heavy atom. The molecule has 0 saturated carbocycles. The Hall–Kier alpha value is -1.62. The van der Waals surface area contributed by atoms with Gasteiger partial charge >= 0.3 is 0 Å². The Bertz CT molecular complexity index is 484. The van der Waals surface area contributed by atoms with Gasteiger partial charge in [-0.1, -0.05) is 6.07 Å². The zero-order chi connectivity index (χ0) is 12.1. The maximum Gasteiger partial charge on any atom is 0.215 e. The summed E-state index contributed by atoms with van der Waals surface area (Å²) in [7, 11) is 1.84. The van der Waals surface area contributed by atoms with Crippen molar-refractivity contribution in [1.29, 1.82) is 0 Å². The van der Waals surface area contributed by atoms with Gasteiger partial charge in [-0.2, -0.15) is 4.98 Å². The normalized spacial score (nSPS) is 10.2. The Labute approximate surface area is 105 Å². The largest absolute Gasteiger partial charge is 0.477 e. The van der Waals surface area contributed by atoms with Gasteiger partial charge in [-0.05, 0) is 13.0 Å². The van der Waals surface area contributed by atoms with E-state index in [1.165, 1.54) is 4.88 Å². The standard InChI is InChI=1S/C12H15N3OS/c1-9-10(17-8-14-9)6-7-16-12-5-3-4-11(13-2)15-12/h3-5,8H,6-7H2,1-2H3,(H,13,15). The molecule has 0 bridgehead atoms. The van der Waals surface area contributed by atoms with Gasteiger partial charge in [-0.15, -0.1) is 11.3 Å². The van der Waals surface area contributed by atoms with Gasteiger partial charge in [-0.25, -0.2) is 4.98 Å². The number of nitrogens with zero attached hydrogens (tertiary/aromatic N) is 2. The van der Waals surface area contributed by atoms with E-state index in [1.54, 1.807) is 11.3 Å². The highest BCUT2D eigenvalue weighted by Gasteiger charge is 2.02. The van der Waals surface area contributed by atoms with E-state index in [0.29, 0.717) is 12.5 Å². The molecular formula is C12H15N3OS. The number of ether oxygens (including phenoxy) is 1. The van der Waals surface area contributed by atoms with Crippen LogP contribution in [0.5, 0.6) is 5.88 Å². The molecule has 0 fully saturated rings. The van der Waals surface area contributed by atoms with Gasteiger partial charge in [0.2, 0.25) is 5.88 Å². The molecular weight excluding hydrogens is 234 g/mol. The van der Waals surface area contributed by atoms with E-state index in [4.69, 9.17) is 4.74 Å². The van der Waals surface area contributed by atoms with Crippen LogP contribution in [-0.4, -0.2) is 23.6 Å². The average Bonchev–Trinajstić information content (AvgIpc) is 2.76. The molecule has 2 heterocycles. The molecule has 5 heteroatoms. The molecule has 0 aliphatic carbocycles. The number of hydrogen-bond acceptors (Lipinski definition) is 5. The molecule has 0 amide bonds. The summed E-state index contributed by atoms with van der Waals surface area (Å²) in [6.07, 6.45) is 0.877. The number of aromatic nitrogens is 2. The number of aryl methyl sites for hydroxylation is 1. The smallest absolute Gasteiger partial charge is 0.215 e. The molecule has 0 aliphatic heterocycles. The monoisotopic (exact) mass is 249 g/mol. The summed E-state index contributed by atoms with van der Waals surface area (Å²) in [6, 6.07) is 5.69. The number of rotatable bonds is 5. The van der Waals surface area contributed by atoms with Crippen molar-refractivity contribution >= 4 is 17.2 Å². The third kappa shape index (κ3) is 3.17. The molecule has 2 aromatic rings. The SMILES string of the molecule is CNc1cccc(OCCc2scnc2C)n1. The Kier molecular flexibility index (Phi) is 3.93. The lowest BCUT2D eigenvalue weighted by Crippen LogP contribution is -2.03. The number of hydrogen-bond donors (Lipinski definition) is 1. The maximum absolute atomic E-state index is 5.60. The lowest BCUT2D eigenvalue weighted by molar-refractivity contribution is 0.310. The van der Waals surface area contributed by atoms with Gasteiger partial charge in [-0.3, -0.25) is 0 Å². The van der Waals surface area contributed by atoms with Crippen molar-refractivity contribution in [2.45, 2.75) is 13.3 Å². The van der Waals surface area contributed by atoms with Gasteiger partial charge in [0, 0.05) is 24.4 Å². The van der Waals surface area contributed by atoms with Crippen LogP contribution in [0.4, 0.5) is 5.82 Å². The van der Waals surface area contributed by atoms with Crippen molar-refractivity contribution in [2.24, 2.45) is 0 Å². The van der Waals surface area contributed by atoms with E-state index in [0.717, 1.165) is 17.9 Å². The van der Waals surface area contributed by atoms with Gasteiger partial charge in [0.05, 0.1) is 17.8 Å². The third-order valence-corrected chi connectivity index (χ3v) is 3.40. The number of pyridine rings is 1. The van der Waals surface area contributed by atoms with E-state index in [1.807, 2.05) is 37.7 Å². The molecule has 90 valence electrons. The van der Waals surface area contributed by atoms with Crippen LogP contribution < -0.4 is 10.1 Å². The van der Waals surface area contributed by atoms with Crippen LogP contribution in [0.25, 0.3) is 0 Å². The fraction of sp³-hybridized carbons (Fsp3) is 0.333. The predicted octanol–water partition coefficient (Wildman–Crippen LogP) is 2.51. The molecule has 0 unspecified atom stereocenters. The molecule has 0 atom stereocenters. The number of thiazole rings is 1. The second kappa shape index (κ2) is 5.63. The van der Waals surface area contributed by atoms with Crippen LogP contribution in [0.1, 0.15) is 10.6 Å². The Morgan fingerprint density at radius 2 is 2.29 bits per heavy atom. The minimum absolute atomic E-state index is 0.628. The molecule has 0 aliphatic rings. The summed E-state index contributed by atoms with van der Waals surface area (Å²) < 4.78 is 5.60. The van der Waals surface area contributed by atoms with Crippen LogP contribution in [0.2, 0.25) is 0 Å². The number of anilines is 1. The van der Waals surface area contributed by atoms with E-state index in [9.17, 15) is 0 Å². The zero-order valence-electron chi connectivity index (χ0n) is 9.93. The van der Waals surface area contributed by atoms with Crippen LogP contribution in [0, 0.1) is 6.92 Å². The fourth-order valence-corrected chi connectivity index (χ4v) is 2.21. The highest BCUT2D eigenvalue weighted by Crippen LogP contribution is 2.14. The predicted molar refractivity (Wildman–Crippen MR) is 69.8 cm³/mol. The summed E-state index contributed by atoms with van der Waals surface area (Å²) >= 11 is 1.67. The molecule has 0 radical (unpaired) electrons. The summed E-state index contributed by atoms with van der Waals surface area (Å²) in [5, 5.41) is 2.98. The van der Waals surface area contributed by atoms with E-state index in [-0.39, 0.29) is 0 Å². The van der Waals surface area contributed by atoms with E-state index < -0.39 is 0 Å². The first-order valence-corrected chi connectivity index (χ1v) is 6.34. The molecule has 0 saturated heterocycles. The minimum Gasteiger partial charge on any atom is -0.477 e. The average molecular weight is 249 g/mol. The zero-order valence-corrected chi connectivity index (χ0v) is 10.8. The maximum atomic E-state index is 5.60. The Balaban J connectivity index is 1.87. The summed E-state index contributed by atoms with van der Waals surface area (Å²) in [6.45, 7) is 2.65. The van der Waals surface area contributed by atoms with Crippen molar-refractivity contribution in [3.05, 3.63) is 34.3 Å². The van der Waals surface area contributed by atoms with E-state index in [2.05, 4.69) is 15.3 Å². The van der Waals surface area contributed by atoms with E-state index >= 15 is 0 Å². The summed E-state index contributed by atoms with van der Waals surface area (Å²) in [5.41, 5.74) is 2.96. The molecule has 0 aromatic carbocycles. The lowest BCUT2D eigenvalue weighted by Gasteiger charge is -2.06. The van der Waals surface area contributed by atoms with Crippen molar-refractivity contribution in [3.63, 3.8) is 0 Å². The fourth-order valence-electron chi connectivity index (χ4n) is 1.45. The molecule has 2 aromatic heterocycles. The number of nitrogens with one attached hydrogen (secondary N) is 1. The molecule has 4 nitrogen and oxygen atoms in total. The third-order valence-electron chi connectivity index (χ3n) is 2.40. The van der Waals surface area contributed by atoms with Crippen molar-refractivity contribution < 1.29 is 4.74 Å². The highest BCUT2D eigenvalue weighted by atomic mass is 32.1. The van der Waals surface area contributed by atoms with Crippen LogP contribution >= 0.6 is 11.3 Å². The van der Waals surface area contributed by atoms with Gasteiger partial charge in [0.15, 0.2) is 0 Å². The second-order valence-electron chi connectivity index (χ2n) is 3.57. The second-order valence-corrected chi connectivity index (χ2v) is 4.51. The van der Waals surface area contributed by atoms with Crippen molar-refractivity contribution in [2.75, 3.05) is 19.0 Å². The van der Waals surface area contributed by atoms with Crippen molar-refractivity contribution in [3.8, 4) is 5.88 Å². The molecule has 1 N–H and O–H groups in total. The minimum atomic E-state index is 0.628. The van der Waals surface area contributed by atoms with Gasteiger partial charge in [0.1, 0.15) is 5.82 Å². The first-order valence-electron chi connectivity index (χ1n) is 5.46. The molecule has 0 spiro atoms. The lowest BCUT2D eigenvalue weighted by atomic mass is 10.3. The van der Waals surface area contributed by atoms with Gasteiger partial charge < -0.3 is 10.1 Å². The Morgan fingerprint density at radius 1 is 1.41 bits per heavy atom. The van der Waals surface area contributed by atoms with Gasteiger partial charge in [0.25, 0.3) is 0 Å².